The number of hydrogen-bond acceptors (Lipinski definition) is 17. The molecule has 7 aromatic heterocycles. The number of nitrogens with one attached hydrogen (secondary N) is 6. The maximum Gasteiger partial charge on any atom is 0.272 e. The van der Waals surface area contributed by atoms with Crippen LogP contribution in [-0.4, -0.2) is 116 Å². The first-order valence-electron chi connectivity index (χ1n) is 23.0. The minimum Gasteiger partial charge on any atom is -0.351 e. The molecule has 11 heterocycles. The fourth-order valence-corrected chi connectivity index (χ4v) is 12.2. The number of fused-ring (bicyclic) bond motifs is 6. The normalized spacial score (nSPS) is 23.9. The molecule has 7 aromatic rings. The minimum absolute atomic E-state index is 0.00208. The van der Waals surface area contributed by atoms with E-state index in [1.54, 1.807) is 28.9 Å². The number of carbonyl (C=O) groups is 2. The van der Waals surface area contributed by atoms with Crippen LogP contribution in [0.15, 0.2) is 59.4 Å². The van der Waals surface area contributed by atoms with E-state index in [-0.39, 0.29) is 53.9 Å². The van der Waals surface area contributed by atoms with E-state index in [1.807, 2.05) is 78.8 Å². The summed E-state index contributed by atoms with van der Waals surface area (Å²) < 4.78 is 1.93. The zero-order chi connectivity index (χ0) is 44.9. The summed E-state index contributed by atoms with van der Waals surface area (Å²) in [5.41, 5.74) is 2.45. The molecule has 0 radical (unpaired) electrons. The van der Waals surface area contributed by atoms with Crippen LogP contribution in [-0.2, 0) is 11.5 Å². The van der Waals surface area contributed by atoms with Gasteiger partial charge >= 0.3 is 0 Å². The number of thiophene rings is 2. The number of rotatable bonds is 14. The van der Waals surface area contributed by atoms with Gasteiger partial charge in [-0.15, -0.1) is 22.7 Å². The van der Waals surface area contributed by atoms with Gasteiger partial charge < -0.3 is 31.5 Å². The van der Waals surface area contributed by atoms with Crippen LogP contribution in [0.1, 0.15) is 79.7 Å². The van der Waals surface area contributed by atoms with Crippen molar-refractivity contribution in [3.05, 3.63) is 76.5 Å². The molecule has 4 bridgehead atoms. The standard InChI is InChI=1S/C46H54N16O2S2/c1-25-15-38(58-57-25)51-40-34-10-13-65-42(34)55-45(53-40)49-30-19-28-17-27(18-29(20-30)48-28)37(63)23-60(3)24-61-26(2)16-39(59-61)52-41-35-11-14-66-43(35)56-46(54-41)50-31-21-32-7-6-8-33(22-31)62(32)44(64)36-9-4-5-12-47-36/h4-5,9-16,27-33,48H,6-8,17-24H2,1-3H3,(H2,50,52,54,56,59)(H3,49,51,53,55,57,58)/t27?,28-,29+,30?,31?,32-,33+. The second kappa shape index (κ2) is 17.9. The minimum atomic E-state index is 0.00208. The number of H-pyrrole nitrogens is 1. The maximum atomic E-state index is 13.9. The molecule has 18 nitrogen and oxygen atoms in total. The number of piperidine rings is 4. The van der Waals surface area contributed by atoms with E-state index in [2.05, 4.69) is 51.6 Å². The molecule has 4 fully saturated rings. The van der Waals surface area contributed by atoms with Crippen molar-refractivity contribution >= 4 is 90.0 Å². The molecular formula is C46H54N16O2S2. The van der Waals surface area contributed by atoms with Gasteiger partial charge in [0.15, 0.2) is 11.6 Å². The molecule has 1 amide bonds. The van der Waals surface area contributed by atoms with Gasteiger partial charge in [-0.1, -0.05) is 6.07 Å². The van der Waals surface area contributed by atoms with Crippen LogP contribution >= 0.6 is 22.7 Å². The van der Waals surface area contributed by atoms with Crippen molar-refractivity contribution in [2.75, 3.05) is 34.9 Å². The van der Waals surface area contributed by atoms with Gasteiger partial charge in [-0.05, 0) is 114 Å². The number of aromatic amines is 1. The van der Waals surface area contributed by atoms with Crippen LogP contribution in [0.4, 0.5) is 35.2 Å². The molecule has 66 heavy (non-hydrogen) atoms. The maximum absolute atomic E-state index is 13.9. The number of pyridine rings is 1. The van der Waals surface area contributed by atoms with Gasteiger partial charge in [-0.2, -0.15) is 20.2 Å². The lowest BCUT2D eigenvalue weighted by Crippen LogP contribution is -2.57. The van der Waals surface area contributed by atoms with Gasteiger partial charge in [0.2, 0.25) is 11.9 Å². The Hall–Kier alpha value is -6.09. The van der Waals surface area contributed by atoms with E-state index in [9.17, 15) is 9.59 Å². The molecular weight excluding hydrogens is 873 g/mol. The zero-order valence-electron chi connectivity index (χ0n) is 37.2. The number of nitrogens with zero attached hydrogens (tertiary/aromatic N) is 10. The molecule has 0 spiro atoms. The number of aryl methyl sites for hydroxylation is 2. The first kappa shape index (κ1) is 42.5. The second-order valence-corrected chi connectivity index (χ2v) is 20.4. The third-order valence-corrected chi connectivity index (χ3v) is 15.2. The highest BCUT2D eigenvalue weighted by Gasteiger charge is 2.42. The molecule has 0 aliphatic carbocycles. The molecule has 0 aromatic carbocycles. The van der Waals surface area contributed by atoms with Crippen molar-refractivity contribution in [1.82, 2.24) is 60.0 Å². The predicted octanol–water partition coefficient (Wildman–Crippen LogP) is 7.22. The third kappa shape index (κ3) is 8.93. The van der Waals surface area contributed by atoms with Crippen molar-refractivity contribution in [2.24, 2.45) is 5.92 Å². The van der Waals surface area contributed by atoms with Gasteiger partial charge in [0, 0.05) is 71.9 Å². The Kier molecular flexibility index (Phi) is 11.6. The Morgan fingerprint density at radius 2 is 1.45 bits per heavy atom. The van der Waals surface area contributed by atoms with E-state index in [0.717, 1.165) is 95.4 Å². The second-order valence-electron chi connectivity index (χ2n) is 18.6. The average Bonchev–Trinajstić information content (AvgIpc) is 4.12. The fourth-order valence-electron chi connectivity index (χ4n) is 10.7. The van der Waals surface area contributed by atoms with Crippen LogP contribution < -0.4 is 26.6 Å². The molecule has 4 aliphatic rings. The number of ketones is 1. The number of Topliss-reactive ketones (excluding diaryl/α,β-unsaturated/α-hetero) is 1. The zero-order valence-corrected chi connectivity index (χ0v) is 38.8. The van der Waals surface area contributed by atoms with Crippen molar-refractivity contribution in [2.45, 2.75) is 115 Å². The first-order chi connectivity index (χ1) is 32.1. The molecule has 6 N–H and O–H groups in total. The number of aromatic nitrogens is 9. The topological polar surface area (TPSA) is 212 Å². The Labute approximate surface area is 389 Å². The molecule has 7 atom stereocenters. The SMILES string of the molecule is Cc1cc(Nc2nc(NC3C[C@@H]4CC(C(=O)CN(C)Cn5nc(Nc6nc(NC7C[C@H]8CCC[C@@H](C7)N8C(=O)c7ccccn7)nc7sccc67)cc5C)C[C@H](C3)N4)nc3sccc23)n[nH]1. The molecule has 11 rings (SSSR count). The third-order valence-electron chi connectivity index (χ3n) is 13.6. The van der Waals surface area contributed by atoms with E-state index >= 15 is 0 Å². The number of anilines is 6. The highest BCUT2D eigenvalue weighted by molar-refractivity contribution is 7.17. The number of likely N-dealkylation sites (N-methyl/N-ethyl adjacent to an activating group) is 1. The van der Waals surface area contributed by atoms with Crippen LogP contribution in [0, 0.1) is 19.8 Å². The molecule has 342 valence electrons. The molecule has 20 heteroatoms. The fraction of sp³-hybridized carbons (Fsp3) is 0.457. The molecule has 4 aliphatic heterocycles. The van der Waals surface area contributed by atoms with Gasteiger partial charge in [0.1, 0.15) is 32.8 Å². The number of hydrogen-bond donors (Lipinski definition) is 6. The largest absolute Gasteiger partial charge is 0.351 e. The lowest BCUT2D eigenvalue weighted by atomic mass is 9.76. The van der Waals surface area contributed by atoms with Crippen molar-refractivity contribution < 1.29 is 9.59 Å². The van der Waals surface area contributed by atoms with E-state index < -0.39 is 0 Å². The smallest absolute Gasteiger partial charge is 0.272 e. The summed E-state index contributed by atoms with van der Waals surface area (Å²) in [7, 11) is 1.99. The van der Waals surface area contributed by atoms with Crippen molar-refractivity contribution in [3.8, 4) is 0 Å². The van der Waals surface area contributed by atoms with E-state index in [1.165, 1.54) is 0 Å². The lowest BCUT2D eigenvalue weighted by molar-refractivity contribution is -0.126. The lowest BCUT2D eigenvalue weighted by Gasteiger charge is -2.48. The highest BCUT2D eigenvalue weighted by Crippen LogP contribution is 2.38. The van der Waals surface area contributed by atoms with Gasteiger partial charge in [-0.25, -0.2) is 9.97 Å². The molecule has 0 saturated carbocycles. The van der Waals surface area contributed by atoms with E-state index in [0.29, 0.717) is 48.3 Å². The molecule has 3 unspecified atom stereocenters. The van der Waals surface area contributed by atoms with Crippen LogP contribution in [0.5, 0.6) is 0 Å². The Morgan fingerprint density at radius 1 is 0.803 bits per heavy atom. The Morgan fingerprint density at radius 3 is 2.08 bits per heavy atom. The van der Waals surface area contributed by atoms with Gasteiger partial charge in [0.25, 0.3) is 5.91 Å². The summed E-state index contributed by atoms with van der Waals surface area (Å²) in [4.78, 5) is 57.3. The summed E-state index contributed by atoms with van der Waals surface area (Å²) >= 11 is 3.17. The summed E-state index contributed by atoms with van der Waals surface area (Å²) in [6.07, 6.45) is 9.83. The number of amides is 1. The predicted molar refractivity (Wildman–Crippen MR) is 258 cm³/mol. The van der Waals surface area contributed by atoms with E-state index in [4.69, 9.17) is 25.0 Å². The summed E-state index contributed by atoms with van der Waals surface area (Å²) in [5, 5.41) is 36.1. The quantitative estimate of drug-likeness (QED) is 0.0636. The van der Waals surface area contributed by atoms with Crippen LogP contribution in [0.3, 0.4) is 0 Å². The molecule has 4 saturated heterocycles. The number of carbonyl (C=O) groups excluding carboxylic acids is 2. The summed E-state index contributed by atoms with van der Waals surface area (Å²) in [6, 6.07) is 14.7. The van der Waals surface area contributed by atoms with Crippen LogP contribution in [0.25, 0.3) is 20.4 Å². The first-order valence-corrected chi connectivity index (χ1v) is 24.7. The van der Waals surface area contributed by atoms with Crippen LogP contribution in [0.2, 0.25) is 0 Å². The van der Waals surface area contributed by atoms with Gasteiger partial charge in [0.05, 0.1) is 24.0 Å². The summed E-state index contributed by atoms with van der Waals surface area (Å²) in [6.45, 7) is 4.82. The average molecular weight is 927 g/mol. The highest BCUT2D eigenvalue weighted by atomic mass is 32.1. The van der Waals surface area contributed by atoms with Gasteiger partial charge in [-0.3, -0.25) is 29.3 Å². The van der Waals surface area contributed by atoms with Crippen molar-refractivity contribution in [3.63, 3.8) is 0 Å². The van der Waals surface area contributed by atoms with Crippen molar-refractivity contribution in [1.29, 1.82) is 0 Å². The Bertz CT molecular complexity index is 2850. The monoisotopic (exact) mass is 926 g/mol. The Balaban J connectivity index is 0.692. The summed E-state index contributed by atoms with van der Waals surface area (Å²) in [5.74, 6) is 4.28.